The van der Waals surface area contributed by atoms with Gasteiger partial charge in [0.05, 0.1) is 57.9 Å². The van der Waals surface area contributed by atoms with E-state index in [4.69, 9.17) is 4.98 Å². The molecule has 0 bridgehead atoms. The lowest BCUT2D eigenvalue weighted by atomic mass is 9.33. The molecule has 0 amide bonds. The van der Waals surface area contributed by atoms with Gasteiger partial charge in [-0.15, -0.1) is 0 Å². The molecule has 0 saturated heterocycles. The van der Waals surface area contributed by atoms with Gasteiger partial charge in [-0.1, -0.05) is 119 Å². The summed E-state index contributed by atoms with van der Waals surface area (Å²) in [6.45, 7) is 27.8. The van der Waals surface area contributed by atoms with E-state index in [1.807, 2.05) is 24.8 Å². The number of pyridine rings is 1. The van der Waals surface area contributed by atoms with Gasteiger partial charge in [-0.25, -0.2) is 9.97 Å². The van der Waals surface area contributed by atoms with E-state index < -0.39 is 0 Å². The molecule has 0 saturated carbocycles. The molecule has 0 unspecified atom stereocenters. The van der Waals surface area contributed by atoms with Gasteiger partial charge >= 0.3 is 0 Å². The largest absolute Gasteiger partial charge is 0.309 e. The molecule has 7 heteroatoms. The van der Waals surface area contributed by atoms with Crippen LogP contribution in [0.4, 0.5) is 34.1 Å². The zero-order valence-corrected chi connectivity index (χ0v) is 38.2. The summed E-state index contributed by atoms with van der Waals surface area (Å²) < 4.78 is 2.57. The molecule has 0 spiro atoms. The van der Waals surface area contributed by atoms with Crippen LogP contribution in [0.1, 0.15) is 105 Å². The molecule has 4 aromatic heterocycles. The number of nitrogens with zero attached hydrogens (tertiary/aromatic N) is 6. The SMILES string of the molecule is CC(C)(C)c1ccc2c(c1)B1c3cc(C(C)(C)C)ccc3N(c3cncnc3)c3c1c(c1c4cc(C(C)(C)C)ccc4n4c5ccc(C(C)(C)C)cc5c3c14)N2c1cccnc1. The molecule has 0 radical (unpaired) electrons. The average Bonchev–Trinajstić information content (AvgIpc) is 3.74. The van der Waals surface area contributed by atoms with E-state index in [-0.39, 0.29) is 28.4 Å². The second kappa shape index (κ2) is 12.7. The van der Waals surface area contributed by atoms with Gasteiger partial charge in [-0.3, -0.25) is 4.98 Å². The highest BCUT2D eigenvalue weighted by atomic mass is 15.2. The Morgan fingerprint density at radius 2 is 0.903 bits per heavy atom. The summed E-state index contributed by atoms with van der Waals surface area (Å²) in [6, 6.07) is 33.2. The van der Waals surface area contributed by atoms with E-state index in [0.717, 1.165) is 17.1 Å². The highest BCUT2D eigenvalue weighted by Crippen LogP contribution is 2.55. The third kappa shape index (κ3) is 5.45. The number of aromatic nitrogens is 4. The molecule has 62 heavy (non-hydrogen) atoms. The number of hydrogen-bond donors (Lipinski definition) is 0. The van der Waals surface area contributed by atoms with Gasteiger partial charge < -0.3 is 14.2 Å². The Balaban J connectivity index is 1.45. The first-order chi connectivity index (χ1) is 29.3. The summed E-state index contributed by atoms with van der Waals surface area (Å²) in [4.78, 5) is 19.2. The molecule has 308 valence electrons. The number of benzene rings is 5. The van der Waals surface area contributed by atoms with Gasteiger partial charge in [0, 0.05) is 39.1 Å². The van der Waals surface area contributed by atoms with Crippen LogP contribution in [0.15, 0.2) is 116 Å². The fourth-order valence-corrected chi connectivity index (χ4v) is 10.4. The lowest BCUT2D eigenvalue weighted by molar-refractivity contribution is 0.590. The molecule has 9 aromatic rings. The fourth-order valence-electron chi connectivity index (χ4n) is 10.4. The van der Waals surface area contributed by atoms with Crippen LogP contribution >= 0.6 is 0 Å². The van der Waals surface area contributed by atoms with Crippen LogP contribution in [0.3, 0.4) is 0 Å². The monoisotopic (exact) mass is 810 g/mol. The van der Waals surface area contributed by atoms with Crippen molar-refractivity contribution in [3.8, 4) is 0 Å². The lowest BCUT2D eigenvalue weighted by Crippen LogP contribution is -2.61. The van der Waals surface area contributed by atoms with Gasteiger partial charge in [0.25, 0.3) is 6.71 Å². The van der Waals surface area contributed by atoms with E-state index >= 15 is 0 Å². The minimum Gasteiger partial charge on any atom is -0.309 e. The molecule has 6 nitrogen and oxygen atoms in total. The Morgan fingerprint density at radius 3 is 1.35 bits per heavy atom. The van der Waals surface area contributed by atoms with E-state index in [1.165, 1.54) is 93.8 Å². The van der Waals surface area contributed by atoms with Crippen LogP contribution in [0.5, 0.6) is 0 Å². The molecular formula is C55H55BN6. The normalized spacial score (nSPS) is 14.4. The minimum absolute atomic E-state index is 0.0472. The smallest absolute Gasteiger partial charge is 0.252 e. The first-order valence-electron chi connectivity index (χ1n) is 22.2. The zero-order chi connectivity index (χ0) is 43.4. The number of anilines is 6. The highest BCUT2D eigenvalue weighted by molar-refractivity contribution is 7.01. The maximum atomic E-state index is 4.79. The lowest BCUT2D eigenvalue weighted by Gasteiger charge is -2.45. The predicted octanol–water partition coefficient (Wildman–Crippen LogP) is 12.3. The Hall–Kier alpha value is -6.21. The van der Waals surface area contributed by atoms with Crippen molar-refractivity contribution in [2.24, 2.45) is 0 Å². The number of hydrogen-bond acceptors (Lipinski definition) is 5. The van der Waals surface area contributed by atoms with Crippen molar-refractivity contribution in [2.75, 3.05) is 9.80 Å². The standard InChI is InChI=1S/C55H55BN6/c1-52(2,3)32-15-19-42-38(24-32)46-49-47(39-25-33(53(4,5)6)16-20-43(39)62(42)49)51-48-50(46)60(36-14-13-23-57-28-36)44-21-17-34(54(7,8)9)26-40(44)56(48)41-27-35(55(10,11)12)18-22-45(41)61(51)37-29-58-31-59-30-37/h13-31H,1-12H3. The molecular weight excluding hydrogens is 755 g/mol. The van der Waals surface area contributed by atoms with Gasteiger partial charge in [-0.2, -0.15) is 0 Å². The first kappa shape index (κ1) is 38.7. The molecule has 5 aromatic carbocycles. The minimum atomic E-state index is -0.0805. The van der Waals surface area contributed by atoms with Gasteiger partial charge in [0.1, 0.15) is 6.33 Å². The number of fused-ring (bicyclic) bond motifs is 12. The van der Waals surface area contributed by atoms with Gasteiger partial charge in [-0.05, 0) is 109 Å². The van der Waals surface area contributed by atoms with Crippen LogP contribution in [-0.4, -0.2) is 26.1 Å². The van der Waals surface area contributed by atoms with Crippen LogP contribution < -0.4 is 26.2 Å². The average molecular weight is 811 g/mol. The Bertz CT molecular complexity index is 3070. The van der Waals surface area contributed by atoms with E-state index in [1.54, 1.807) is 6.33 Å². The van der Waals surface area contributed by atoms with Crippen molar-refractivity contribution in [3.63, 3.8) is 0 Å². The van der Waals surface area contributed by atoms with Crippen LogP contribution in [0.25, 0.3) is 38.1 Å². The second-order valence-electron chi connectivity index (χ2n) is 22.0. The summed E-state index contributed by atoms with van der Waals surface area (Å²) in [5.41, 5.74) is 19.3. The van der Waals surface area contributed by atoms with E-state index in [9.17, 15) is 0 Å². The van der Waals surface area contributed by atoms with Crippen LogP contribution in [0, 0.1) is 0 Å². The Morgan fingerprint density at radius 1 is 0.468 bits per heavy atom. The summed E-state index contributed by atoms with van der Waals surface area (Å²) in [6.07, 6.45) is 9.53. The fraction of sp³-hybridized carbons (Fsp3) is 0.291. The van der Waals surface area contributed by atoms with Crippen LogP contribution in [-0.2, 0) is 21.7 Å². The summed E-state index contributed by atoms with van der Waals surface area (Å²) in [5, 5.41) is 5.06. The summed E-state index contributed by atoms with van der Waals surface area (Å²) in [5.74, 6) is 0. The third-order valence-corrected chi connectivity index (χ3v) is 13.8. The third-order valence-electron chi connectivity index (χ3n) is 13.8. The van der Waals surface area contributed by atoms with Crippen molar-refractivity contribution in [2.45, 2.75) is 105 Å². The molecule has 0 N–H and O–H groups in total. The summed E-state index contributed by atoms with van der Waals surface area (Å²) >= 11 is 0. The van der Waals surface area contributed by atoms with Crippen molar-refractivity contribution in [1.29, 1.82) is 0 Å². The number of rotatable bonds is 2. The van der Waals surface area contributed by atoms with Crippen LogP contribution in [0.2, 0.25) is 0 Å². The first-order valence-corrected chi connectivity index (χ1v) is 22.2. The second-order valence-corrected chi connectivity index (χ2v) is 22.0. The van der Waals surface area contributed by atoms with Crippen molar-refractivity contribution < 1.29 is 0 Å². The maximum absolute atomic E-state index is 4.79. The molecule has 0 fully saturated rings. The van der Waals surface area contributed by atoms with Crippen molar-refractivity contribution in [3.05, 3.63) is 138 Å². The predicted molar refractivity (Wildman–Crippen MR) is 263 cm³/mol. The van der Waals surface area contributed by atoms with Gasteiger partial charge in [0.2, 0.25) is 0 Å². The topological polar surface area (TPSA) is 49.6 Å². The molecule has 11 rings (SSSR count). The quantitative estimate of drug-likeness (QED) is 0.163. The Kier molecular flexibility index (Phi) is 7.92. The van der Waals surface area contributed by atoms with E-state index in [2.05, 4.69) is 192 Å². The van der Waals surface area contributed by atoms with Crippen molar-refractivity contribution >= 4 is 95.3 Å². The van der Waals surface area contributed by atoms with Crippen molar-refractivity contribution in [1.82, 2.24) is 19.4 Å². The molecule has 0 aliphatic carbocycles. The summed E-state index contributed by atoms with van der Waals surface area (Å²) in [7, 11) is 0. The van der Waals surface area contributed by atoms with E-state index in [0.29, 0.717) is 0 Å². The maximum Gasteiger partial charge on any atom is 0.252 e. The zero-order valence-electron chi connectivity index (χ0n) is 38.2. The molecule has 0 atom stereocenters. The highest BCUT2D eigenvalue weighted by Gasteiger charge is 2.47. The molecule has 2 aliphatic rings. The molecule has 2 aliphatic heterocycles. The molecule has 6 heterocycles. The van der Waals surface area contributed by atoms with Gasteiger partial charge in [0.15, 0.2) is 0 Å². The Labute approximate surface area is 366 Å².